The molecule has 0 saturated carbocycles. The van der Waals surface area contributed by atoms with E-state index in [9.17, 15) is 22.0 Å². The first-order valence-electron chi connectivity index (χ1n) is 11.0. The Morgan fingerprint density at radius 1 is 1.03 bits per heavy atom. The second kappa shape index (κ2) is 9.35. The molecule has 0 aliphatic carbocycles. The first-order chi connectivity index (χ1) is 15.3. The first kappa shape index (κ1) is 23.0. The van der Waals surface area contributed by atoms with E-state index >= 15 is 0 Å². The Morgan fingerprint density at radius 3 is 2.16 bits per heavy atom. The van der Waals surface area contributed by atoms with Crippen molar-refractivity contribution in [1.29, 1.82) is 0 Å². The van der Waals surface area contributed by atoms with E-state index < -0.39 is 23.4 Å². The fraction of sp³-hybridized carbons (Fsp3) is 0.500. The number of hydrogen-bond acceptors (Lipinski definition) is 3. The molecule has 2 fully saturated rings. The average Bonchev–Trinajstić information content (AvgIpc) is 2.74. The van der Waals surface area contributed by atoms with Gasteiger partial charge >= 0.3 is 6.18 Å². The summed E-state index contributed by atoms with van der Waals surface area (Å²) in [6.07, 6.45) is -2.34. The van der Waals surface area contributed by atoms with Crippen LogP contribution in [-0.2, 0) is 6.18 Å². The van der Waals surface area contributed by atoms with Crippen molar-refractivity contribution in [2.24, 2.45) is 0 Å². The molecule has 2 aromatic carbocycles. The summed E-state index contributed by atoms with van der Waals surface area (Å²) in [6.45, 7) is 4.53. The Bertz CT molecular complexity index is 896. The van der Waals surface area contributed by atoms with E-state index in [0.717, 1.165) is 43.6 Å². The highest BCUT2D eigenvalue weighted by atomic mass is 19.4. The van der Waals surface area contributed by atoms with Gasteiger partial charge in [-0.2, -0.15) is 13.2 Å². The van der Waals surface area contributed by atoms with Crippen LogP contribution in [0.15, 0.2) is 36.4 Å². The summed E-state index contributed by atoms with van der Waals surface area (Å²) in [4.78, 5) is 2.05. The van der Waals surface area contributed by atoms with Crippen molar-refractivity contribution in [3.05, 3.63) is 64.7 Å². The average molecular weight is 454 g/mol. The van der Waals surface area contributed by atoms with E-state index in [2.05, 4.69) is 5.32 Å². The number of alkyl halides is 3. The van der Waals surface area contributed by atoms with Crippen LogP contribution in [0.4, 0.5) is 22.0 Å². The van der Waals surface area contributed by atoms with Crippen molar-refractivity contribution in [1.82, 2.24) is 10.2 Å². The number of nitrogens with one attached hydrogen (secondary N) is 1. The summed E-state index contributed by atoms with van der Waals surface area (Å²) in [5.74, 6) is -1.59. The maximum Gasteiger partial charge on any atom is 0.416 e. The Balaban J connectivity index is 1.38. The van der Waals surface area contributed by atoms with E-state index in [1.54, 1.807) is 0 Å². The van der Waals surface area contributed by atoms with Gasteiger partial charge in [-0.3, -0.25) is 4.90 Å². The molecule has 0 radical (unpaired) electrons. The van der Waals surface area contributed by atoms with Gasteiger partial charge in [0, 0.05) is 19.1 Å². The number of likely N-dealkylation sites (tertiary alicyclic amines) is 1. The summed E-state index contributed by atoms with van der Waals surface area (Å²) in [5.41, 5.74) is 0.764. The molecule has 3 nitrogen and oxygen atoms in total. The quantitative estimate of drug-likeness (QED) is 0.570. The van der Waals surface area contributed by atoms with Crippen molar-refractivity contribution in [3.63, 3.8) is 0 Å². The van der Waals surface area contributed by atoms with Gasteiger partial charge in [-0.05, 0) is 73.7 Å². The lowest BCUT2D eigenvalue weighted by molar-refractivity contribution is -0.137. The van der Waals surface area contributed by atoms with Crippen LogP contribution in [0.1, 0.15) is 54.8 Å². The predicted octanol–water partition coefficient (Wildman–Crippen LogP) is 5.66. The van der Waals surface area contributed by atoms with Gasteiger partial charge in [0.25, 0.3) is 0 Å². The minimum Gasteiger partial charge on any atom is -0.482 e. The van der Waals surface area contributed by atoms with Crippen LogP contribution in [0.3, 0.4) is 0 Å². The Kier molecular flexibility index (Phi) is 6.72. The number of hydrogen-bond donors (Lipinski definition) is 1. The lowest BCUT2D eigenvalue weighted by Crippen LogP contribution is -2.55. The number of piperidine rings is 1. The van der Waals surface area contributed by atoms with Crippen molar-refractivity contribution < 1.29 is 26.7 Å². The number of ether oxygens (including phenoxy) is 1. The lowest BCUT2D eigenvalue weighted by atomic mass is 9.90. The third kappa shape index (κ3) is 4.91. The Morgan fingerprint density at radius 2 is 1.62 bits per heavy atom. The predicted molar refractivity (Wildman–Crippen MR) is 112 cm³/mol. The number of rotatable bonds is 6. The molecule has 8 heteroatoms. The van der Waals surface area contributed by atoms with E-state index in [1.807, 2.05) is 11.8 Å². The van der Waals surface area contributed by atoms with Crippen LogP contribution in [0.5, 0.6) is 5.75 Å². The van der Waals surface area contributed by atoms with Gasteiger partial charge < -0.3 is 10.1 Å². The van der Waals surface area contributed by atoms with Gasteiger partial charge in [-0.25, -0.2) is 8.78 Å². The third-order valence-corrected chi connectivity index (χ3v) is 6.44. The molecule has 2 aromatic rings. The molecule has 1 N–H and O–H groups in total. The fourth-order valence-corrected chi connectivity index (χ4v) is 4.65. The highest BCUT2D eigenvalue weighted by Crippen LogP contribution is 2.36. The minimum atomic E-state index is -4.37. The van der Waals surface area contributed by atoms with Gasteiger partial charge in [-0.1, -0.05) is 19.1 Å². The van der Waals surface area contributed by atoms with Gasteiger partial charge in [0.15, 0.2) is 17.4 Å². The second-order valence-corrected chi connectivity index (χ2v) is 8.58. The molecule has 0 aromatic heterocycles. The molecule has 0 amide bonds. The van der Waals surface area contributed by atoms with Crippen LogP contribution < -0.4 is 10.1 Å². The van der Waals surface area contributed by atoms with Gasteiger partial charge in [0.2, 0.25) is 0 Å². The number of halogens is 5. The standard InChI is InChI=1S/C24H27F5N2O/c1-2-22(16-3-5-18(6-4-16)24(27,28)29)31-13-19(14-31)32-23-20(25)11-17(12-21(23)26)15-7-9-30-10-8-15/h3-6,11-12,15,19,22,30H,2,7-10,13-14H2,1H3. The smallest absolute Gasteiger partial charge is 0.416 e. The molecule has 2 heterocycles. The van der Waals surface area contributed by atoms with Crippen LogP contribution in [0.2, 0.25) is 0 Å². The monoisotopic (exact) mass is 454 g/mol. The maximum absolute atomic E-state index is 14.6. The number of nitrogens with zero attached hydrogens (tertiary/aromatic N) is 1. The number of benzene rings is 2. The SMILES string of the molecule is CCC(c1ccc(C(F)(F)F)cc1)N1CC(Oc2c(F)cc(C3CCNCC3)cc2F)C1. The summed E-state index contributed by atoms with van der Waals surface area (Å²) >= 11 is 0. The van der Waals surface area contributed by atoms with Gasteiger partial charge in [0.1, 0.15) is 6.10 Å². The van der Waals surface area contributed by atoms with Crippen LogP contribution in [-0.4, -0.2) is 37.2 Å². The molecule has 0 bridgehead atoms. The van der Waals surface area contributed by atoms with Crippen LogP contribution in [0, 0.1) is 11.6 Å². The van der Waals surface area contributed by atoms with E-state index in [0.29, 0.717) is 25.1 Å². The molecule has 1 unspecified atom stereocenters. The van der Waals surface area contributed by atoms with Crippen molar-refractivity contribution in [3.8, 4) is 5.75 Å². The third-order valence-electron chi connectivity index (χ3n) is 6.44. The summed E-state index contributed by atoms with van der Waals surface area (Å²) in [7, 11) is 0. The van der Waals surface area contributed by atoms with Crippen molar-refractivity contribution in [2.75, 3.05) is 26.2 Å². The van der Waals surface area contributed by atoms with Crippen LogP contribution >= 0.6 is 0 Å². The van der Waals surface area contributed by atoms with E-state index in [4.69, 9.17) is 4.74 Å². The molecule has 0 spiro atoms. The minimum absolute atomic E-state index is 0.0749. The second-order valence-electron chi connectivity index (χ2n) is 8.58. The Hall–Kier alpha value is -2.19. The van der Waals surface area contributed by atoms with Gasteiger partial charge in [-0.15, -0.1) is 0 Å². The zero-order valence-electron chi connectivity index (χ0n) is 17.9. The topological polar surface area (TPSA) is 24.5 Å². The lowest BCUT2D eigenvalue weighted by Gasteiger charge is -2.44. The zero-order chi connectivity index (χ0) is 22.9. The normalized spacial score (nSPS) is 19.6. The van der Waals surface area contributed by atoms with E-state index in [-0.39, 0.29) is 23.8 Å². The summed E-state index contributed by atoms with van der Waals surface area (Å²) in [5, 5.41) is 3.24. The van der Waals surface area contributed by atoms with Gasteiger partial charge in [0.05, 0.1) is 5.56 Å². The largest absolute Gasteiger partial charge is 0.482 e. The molecular formula is C24H27F5N2O. The first-order valence-corrected chi connectivity index (χ1v) is 11.0. The highest BCUT2D eigenvalue weighted by Gasteiger charge is 2.36. The molecule has 32 heavy (non-hydrogen) atoms. The highest BCUT2D eigenvalue weighted by molar-refractivity contribution is 5.34. The molecule has 174 valence electrons. The molecule has 2 saturated heterocycles. The Labute approximate surface area is 184 Å². The maximum atomic E-state index is 14.6. The summed E-state index contributed by atoms with van der Waals surface area (Å²) < 4.78 is 73.3. The van der Waals surface area contributed by atoms with Crippen LogP contribution in [0.25, 0.3) is 0 Å². The van der Waals surface area contributed by atoms with E-state index in [1.165, 1.54) is 24.3 Å². The van der Waals surface area contributed by atoms with Crippen molar-refractivity contribution >= 4 is 0 Å². The molecule has 2 aliphatic rings. The summed E-state index contributed by atoms with van der Waals surface area (Å²) in [6, 6.07) is 7.83. The molecule has 1 atom stereocenters. The molecular weight excluding hydrogens is 427 g/mol. The molecule has 2 aliphatic heterocycles. The van der Waals surface area contributed by atoms with Crippen molar-refractivity contribution in [2.45, 2.75) is 50.4 Å². The zero-order valence-corrected chi connectivity index (χ0v) is 17.9. The fourth-order valence-electron chi connectivity index (χ4n) is 4.65. The molecule has 4 rings (SSSR count).